The first-order chi connectivity index (χ1) is 14.7. The van der Waals surface area contributed by atoms with Gasteiger partial charge < -0.3 is 10.6 Å². The number of rotatable bonds is 6. The Morgan fingerprint density at radius 2 is 1.80 bits per heavy atom. The van der Waals surface area contributed by atoms with Crippen molar-refractivity contribution in [1.29, 1.82) is 0 Å². The Kier molecular flexibility index (Phi) is 6.29. The van der Waals surface area contributed by atoms with Crippen molar-refractivity contribution in [2.45, 2.75) is 25.8 Å². The van der Waals surface area contributed by atoms with Gasteiger partial charge in [0.15, 0.2) is 5.82 Å². The molecule has 0 spiro atoms. The number of benzene rings is 1. The molecule has 1 aliphatic rings. The van der Waals surface area contributed by atoms with Crippen LogP contribution in [-0.2, 0) is 4.79 Å². The predicted octanol–water partition coefficient (Wildman–Crippen LogP) is 3.36. The highest BCUT2D eigenvalue weighted by Gasteiger charge is 2.21. The van der Waals surface area contributed by atoms with Gasteiger partial charge in [-0.1, -0.05) is 18.2 Å². The van der Waals surface area contributed by atoms with E-state index in [1.807, 2.05) is 55.5 Å². The number of nitrogens with one attached hydrogen (secondary N) is 2. The summed E-state index contributed by atoms with van der Waals surface area (Å²) in [5.74, 6) is 1.57. The zero-order chi connectivity index (χ0) is 20.8. The molecule has 7 nitrogen and oxygen atoms in total. The second-order valence-electron chi connectivity index (χ2n) is 7.56. The van der Waals surface area contributed by atoms with Crippen LogP contribution in [0, 0.1) is 6.92 Å². The number of piperidine rings is 1. The summed E-state index contributed by atoms with van der Waals surface area (Å²) in [7, 11) is 0. The van der Waals surface area contributed by atoms with Crippen LogP contribution in [0.5, 0.6) is 0 Å². The summed E-state index contributed by atoms with van der Waals surface area (Å²) in [6.07, 6.45) is 5.42. The van der Waals surface area contributed by atoms with E-state index in [0.29, 0.717) is 18.4 Å². The molecular weight excluding hydrogens is 376 g/mol. The molecule has 0 saturated carbocycles. The van der Waals surface area contributed by atoms with Gasteiger partial charge in [0.2, 0.25) is 5.91 Å². The van der Waals surface area contributed by atoms with Crippen LogP contribution in [0.3, 0.4) is 0 Å². The first kappa shape index (κ1) is 20.0. The molecule has 154 valence electrons. The molecule has 2 N–H and O–H groups in total. The van der Waals surface area contributed by atoms with E-state index in [-0.39, 0.29) is 5.91 Å². The van der Waals surface area contributed by atoms with Crippen LogP contribution in [0.25, 0.3) is 11.4 Å². The van der Waals surface area contributed by atoms with Crippen LogP contribution in [0.1, 0.15) is 18.5 Å². The van der Waals surface area contributed by atoms with E-state index >= 15 is 0 Å². The number of carbonyl (C=O) groups excluding carboxylic acids is 1. The molecule has 3 aromatic rings. The number of aryl methyl sites for hydroxylation is 1. The Balaban J connectivity index is 1.30. The predicted molar refractivity (Wildman–Crippen MR) is 118 cm³/mol. The zero-order valence-corrected chi connectivity index (χ0v) is 17.1. The molecule has 3 heterocycles. The smallest absolute Gasteiger partial charge is 0.238 e. The van der Waals surface area contributed by atoms with Gasteiger partial charge in [0.25, 0.3) is 0 Å². The molecule has 1 aromatic carbocycles. The Labute approximate surface area is 176 Å². The fraction of sp³-hybridized carbons (Fsp3) is 0.304. The first-order valence-corrected chi connectivity index (χ1v) is 10.3. The highest BCUT2D eigenvalue weighted by atomic mass is 16.2. The van der Waals surface area contributed by atoms with Gasteiger partial charge in [-0.25, -0.2) is 9.97 Å². The van der Waals surface area contributed by atoms with Crippen LogP contribution >= 0.6 is 0 Å². The molecule has 0 radical (unpaired) electrons. The minimum Gasteiger partial charge on any atom is -0.367 e. The van der Waals surface area contributed by atoms with Gasteiger partial charge in [-0.15, -0.1) is 0 Å². The second-order valence-corrected chi connectivity index (χ2v) is 7.56. The summed E-state index contributed by atoms with van der Waals surface area (Å²) < 4.78 is 0. The largest absolute Gasteiger partial charge is 0.367 e. The van der Waals surface area contributed by atoms with Crippen molar-refractivity contribution in [3.63, 3.8) is 0 Å². The van der Waals surface area contributed by atoms with Gasteiger partial charge >= 0.3 is 0 Å². The van der Waals surface area contributed by atoms with E-state index in [0.717, 1.165) is 48.7 Å². The van der Waals surface area contributed by atoms with Crippen LogP contribution in [0.15, 0.2) is 60.9 Å². The molecule has 4 rings (SSSR count). The normalized spacial score (nSPS) is 15.0. The van der Waals surface area contributed by atoms with Crippen molar-refractivity contribution in [2.75, 3.05) is 30.3 Å². The SMILES string of the molecule is Cc1cc(NC2CCN(CC(=O)Nc3ccccc3)CC2)nc(-c2ccncc2)n1. The van der Waals surface area contributed by atoms with Crippen LogP contribution in [-0.4, -0.2) is 51.4 Å². The van der Waals surface area contributed by atoms with Gasteiger partial charge in [0.1, 0.15) is 5.82 Å². The monoisotopic (exact) mass is 402 g/mol. The minimum atomic E-state index is 0.0287. The Morgan fingerprint density at radius 3 is 2.53 bits per heavy atom. The minimum absolute atomic E-state index is 0.0287. The fourth-order valence-corrected chi connectivity index (χ4v) is 3.64. The number of nitrogens with zero attached hydrogens (tertiary/aromatic N) is 4. The average Bonchev–Trinajstić information content (AvgIpc) is 2.76. The summed E-state index contributed by atoms with van der Waals surface area (Å²) in [6, 6.07) is 15.7. The molecule has 0 unspecified atom stereocenters. The highest BCUT2D eigenvalue weighted by Crippen LogP contribution is 2.20. The molecule has 1 aliphatic heterocycles. The van der Waals surface area contributed by atoms with E-state index < -0.39 is 0 Å². The molecule has 30 heavy (non-hydrogen) atoms. The molecule has 1 fully saturated rings. The molecule has 0 aliphatic carbocycles. The molecule has 0 atom stereocenters. The van der Waals surface area contributed by atoms with Gasteiger partial charge in [-0.3, -0.25) is 14.7 Å². The maximum Gasteiger partial charge on any atom is 0.238 e. The molecule has 1 saturated heterocycles. The summed E-state index contributed by atoms with van der Waals surface area (Å²) in [5.41, 5.74) is 2.72. The summed E-state index contributed by atoms with van der Waals surface area (Å²) in [4.78, 5) is 27.8. The lowest BCUT2D eigenvalue weighted by Gasteiger charge is -2.32. The van der Waals surface area contributed by atoms with E-state index in [9.17, 15) is 4.79 Å². The number of pyridine rings is 1. The van der Waals surface area contributed by atoms with Gasteiger partial charge in [0, 0.05) is 54.5 Å². The number of hydrogen-bond acceptors (Lipinski definition) is 6. The van der Waals surface area contributed by atoms with Crippen LogP contribution < -0.4 is 10.6 Å². The van der Waals surface area contributed by atoms with Crippen molar-refractivity contribution in [3.05, 3.63) is 66.6 Å². The van der Waals surface area contributed by atoms with Gasteiger partial charge in [-0.05, 0) is 44.0 Å². The van der Waals surface area contributed by atoms with Crippen LogP contribution in [0.2, 0.25) is 0 Å². The summed E-state index contributed by atoms with van der Waals surface area (Å²) >= 11 is 0. The second kappa shape index (κ2) is 9.45. The maximum absolute atomic E-state index is 12.3. The first-order valence-electron chi connectivity index (χ1n) is 10.3. The number of likely N-dealkylation sites (tertiary alicyclic amines) is 1. The van der Waals surface area contributed by atoms with Crippen molar-refractivity contribution in [2.24, 2.45) is 0 Å². The number of aromatic nitrogens is 3. The van der Waals surface area contributed by atoms with Crippen LogP contribution in [0.4, 0.5) is 11.5 Å². The number of hydrogen-bond donors (Lipinski definition) is 2. The van der Waals surface area contributed by atoms with Crippen molar-refractivity contribution in [1.82, 2.24) is 19.9 Å². The third kappa shape index (κ3) is 5.39. The van der Waals surface area contributed by atoms with Crippen molar-refractivity contribution in [3.8, 4) is 11.4 Å². The Morgan fingerprint density at radius 1 is 1.07 bits per heavy atom. The number of para-hydroxylation sites is 1. The third-order valence-corrected chi connectivity index (χ3v) is 5.16. The third-order valence-electron chi connectivity index (χ3n) is 5.16. The molecule has 0 bridgehead atoms. The molecule has 1 amide bonds. The average molecular weight is 403 g/mol. The lowest BCUT2D eigenvalue weighted by Crippen LogP contribution is -2.42. The maximum atomic E-state index is 12.3. The molecule has 7 heteroatoms. The summed E-state index contributed by atoms with van der Waals surface area (Å²) in [6.45, 7) is 4.15. The Hall–Kier alpha value is -3.32. The summed E-state index contributed by atoms with van der Waals surface area (Å²) in [5, 5.41) is 6.50. The zero-order valence-electron chi connectivity index (χ0n) is 17.1. The number of anilines is 2. The standard InChI is InChI=1S/C23H26N6O/c1-17-15-21(28-23(25-17)18-7-11-24-12-8-18)26-20-9-13-29(14-10-20)16-22(30)27-19-5-3-2-4-6-19/h2-8,11-12,15,20H,9-10,13-14,16H2,1H3,(H,27,30)(H,25,26,28). The van der Waals surface area contributed by atoms with E-state index in [2.05, 4.69) is 30.5 Å². The van der Waals surface area contributed by atoms with Crippen molar-refractivity contribution >= 4 is 17.4 Å². The molecular formula is C23H26N6O. The van der Waals surface area contributed by atoms with E-state index in [1.165, 1.54) is 0 Å². The lowest BCUT2D eigenvalue weighted by atomic mass is 10.0. The Bertz CT molecular complexity index is 971. The van der Waals surface area contributed by atoms with E-state index in [4.69, 9.17) is 0 Å². The van der Waals surface area contributed by atoms with Gasteiger partial charge in [-0.2, -0.15) is 0 Å². The number of carbonyl (C=O) groups is 1. The molecule has 2 aromatic heterocycles. The quantitative estimate of drug-likeness (QED) is 0.658. The van der Waals surface area contributed by atoms with E-state index in [1.54, 1.807) is 12.4 Å². The van der Waals surface area contributed by atoms with Gasteiger partial charge in [0.05, 0.1) is 6.54 Å². The topological polar surface area (TPSA) is 83.0 Å². The van der Waals surface area contributed by atoms with Crippen molar-refractivity contribution < 1.29 is 4.79 Å². The number of amides is 1. The lowest BCUT2D eigenvalue weighted by molar-refractivity contribution is -0.117. The highest BCUT2D eigenvalue weighted by molar-refractivity contribution is 5.92. The fourth-order valence-electron chi connectivity index (χ4n) is 3.64.